The van der Waals surface area contributed by atoms with E-state index >= 15 is 0 Å². The van der Waals surface area contributed by atoms with Gasteiger partial charge in [-0.15, -0.1) is 0 Å². The van der Waals surface area contributed by atoms with Crippen LogP contribution in [0.25, 0.3) is 0 Å². The van der Waals surface area contributed by atoms with Crippen molar-refractivity contribution in [3.8, 4) is 5.75 Å². The number of carbonyl (C=O) groups excluding carboxylic acids is 2. The summed E-state index contributed by atoms with van der Waals surface area (Å²) in [6.45, 7) is 6.45. The van der Waals surface area contributed by atoms with Crippen LogP contribution >= 0.6 is 0 Å². The van der Waals surface area contributed by atoms with Gasteiger partial charge in [0.25, 0.3) is 0 Å². The van der Waals surface area contributed by atoms with E-state index in [0.29, 0.717) is 25.7 Å². The van der Waals surface area contributed by atoms with Crippen LogP contribution in [-0.2, 0) is 9.59 Å². The van der Waals surface area contributed by atoms with Crippen LogP contribution in [-0.4, -0.2) is 67.0 Å². The highest BCUT2D eigenvalue weighted by molar-refractivity contribution is 5.88. The summed E-state index contributed by atoms with van der Waals surface area (Å²) in [5.74, 6) is 0.596. The fraction of sp³-hybridized carbons (Fsp3) is 0.556. The standard InChI is InChI=1S/C18H27N3O3/c1-14(2)20-10-11-21(16(13-20)18(23)19-3)17(22)9-12-24-15-7-5-4-6-8-15/h4-8,14,16H,9-13H2,1-3H3,(H,19,23). The molecule has 1 heterocycles. The number of rotatable bonds is 6. The summed E-state index contributed by atoms with van der Waals surface area (Å²) in [6, 6.07) is 9.35. The van der Waals surface area contributed by atoms with Crippen molar-refractivity contribution >= 4 is 11.8 Å². The van der Waals surface area contributed by atoms with E-state index in [1.807, 2.05) is 30.3 Å². The van der Waals surface area contributed by atoms with Gasteiger partial charge in [-0.2, -0.15) is 0 Å². The van der Waals surface area contributed by atoms with Gasteiger partial charge in [-0.05, 0) is 26.0 Å². The number of para-hydroxylation sites is 1. The molecule has 1 fully saturated rings. The quantitative estimate of drug-likeness (QED) is 0.847. The van der Waals surface area contributed by atoms with Crippen molar-refractivity contribution in [2.24, 2.45) is 0 Å². The van der Waals surface area contributed by atoms with Crippen LogP contribution in [0.3, 0.4) is 0 Å². The lowest BCUT2D eigenvalue weighted by molar-refractivity contribution is -0.144. The van der Waals surface area contributed by atoms with E-state index < -0.39 is 6.04 Å². The third-order valence-electron chi connectivity index (χ3n) is 4.34. The van der Waals surface area contributed by atoms with Crippen LogP contribution in [0.4, 0.5) is 0 Å². The zero-order valence-corrected chi connectivity index (χ0v) is 14.7. The van der Waals surface area contributed by atoms with Crippen molar-refractivity contribution in [3.63, 3.8) is 0 Å². The van der Waals surface area contributed by atoms with E-state index in [-0.39, 0.29) is 18.2 Å². The monoisotopic (exact) mass is 333 g/mol. The molecule has 0 bridgehead atoms. The molecule has 6 heteroatoms. The number of ether oxygens (including phenoxy) is 1. The summed E-state index contributed by atoms with van der Waals surface area (Å²) in [7, 11) is 1.61. The van der Waals surface area contributed by atoms with E-state index in [9.17, 15) is 9.59 Å². The van der Waals surface area contributed by atoms with Crippen molar-refractivity contribution in [3.05, 3.63) is 30.3 Å². The topological polar surface area (TPSA) is 61.9 Å². The van der Waals surface area contributed by atoms with E-state index in [2.05, 4.69) is 24.1 Å². The molecule has 0 aliphatic carbocycles. The van der Waals surface area contributed by atoms with Crippen molar-refractivity contribution < 1.29 is 14.3 Å². The van der Waals surface area contributed by atoms with Gasteiger partial charge in [0.15, 0.2) is 0 Å². The van der Waals surface area contributed by atoms with Crippen molar-refractivity contribution in [2.45, 2.75) is 32.4 Å². The molecular weight excluding hydrogens is 306 g/mol. The van der Waals surface area contributed by atoms with Gasteiger partial charge < -0.3 is 15.0 Å². The molecule has 2 amide bonds. The van der Waals surface area contributed by atoms with Gasteiger partial charge in [0, 0.05) is 32.7 Å². The second kappa shape index (κ2) is 8.68. The Labute approximate surface area is 143 Å². The summed E-state index contributed by atoms with van der Waals surface area (Å²) >= 11 is 0. The van der Waals surface area contributed by atoms with Crippen LogP contribution < -0.4 is 10.1 Å². The van der Waals surface area contributed by atoms with Crippen molar-refractivity contribution in [1.82, 2.24) is 15.1 Å². The predicted octanol–water partition coefficient (Wildman–Crippen LogP) is 1.12. The van der Waals surface area contributed by atoms with Crippen LogP contribution in [0.1, 0.15) is 20.3 Å². The molecule has 1 saturated heterocycles. The van der Waals surface area contributed by atoms with Crippen LogP contribution in [0, 0.1) is 0 Å². The number of carbonyl (C=O) groups is 2. The average molecular weight is 333 g/mol. The SMILES string of the molecule is CNC(=O)C1CN(C(C)C)CCN1C(=O)CCOc1ccccc1. The maximum atomic E-state index is 12.5. The van der Waals surface area contributed by atoms with Gasteiger partial charge in [0.1, 0.15) is 11.8 Å². The van der Waals surface area contributed by atoms with Gasteiger partial charge in [-0.1, -0.05) is 18.2 Å². The Hall–Kier alpha value is -2.08. The van der Waals surface area contributed by atoms with Crippen LogP contribution in [0.2, 0.25) is 0 Å². The molecule has 1 aromatic rings. The number of benzene rings is 1. The molecule has 1 atom stereocenters. The highest BCUT2D eigenvalue weighted by Gasteiger charge is 2.35. The molecule has 1 aliphatic rings. The molecule has 24 heavy (non-hydrogen) atoms. The number of likely N-dealkylation sites (N-methyl/N-ethyl adjacent to an activating group) is 1. The lowest BCUT2D eigenvalue weighted by Crippen LogP contribution is -2.61. The van der Waals surface area contributed by atoms with E-state index in [4.69, 9.17) is 4.74 Å². The Kier molecular flexibility index (Phi) is 6.61. The highest BCUT2D eigenvalue weighted by atomic mass is 16.5. The average Bonchev–Trinajstić information content (AvgIpc) is 2.61. The van der Waals surface area contributed by atoms with Gasteiger partial charge in [0.2, 0.25) is 11.8 Å². The normalized spacial score (nSPS) is 18.5. The van der Waals surface area contributed by atoms with Crippen LogP contribution in [0.15, 0.2) is 30.3 Å². The number of piperazine rings is 1. The fourth-order valence-corrected chi connectivity index (χ4v) is 2.88. The lowest BCUT2D eigenvalue weighted by Gasteiger charge is -2.42. The Morgan fingerprint density at radius 1 is 1.25 bits per heavy atom. The first kappa shape index (κ1) is 18.3. The predicted molar refractivity (Wildman–Crippen MR) is 92.8 cm³/mol. The number of amides is 2. The molecule has 0 aromatic heterocycles. The largest absolute Gasteiger partial charge is 0.493 e. The molecule has 132 valence electrons. The lowest BCUT2D eigenvalue weighted by atomic mass is 10.1. The molecule has 6 nitrogen and oxygen atoms in total. The Morgan fingerprint density at radius 3 is 2.58 bits per heavy atom. The molecule has 1 aliphatic heterocycles. The zero-order chi connectivity index (χ0) is 17.5. The molecule has 0 radical (unpaired) electrons. The second-order valence-corrected chi connectivity index (χ2v) is 6.22. The van der Waals surface area contributed by atoms with Gasteiger partial charge >= 0.3 is 0 Å². The number of nitrogens with one attached hydrogen (secondary N) is 1. The zero-order valence-electron chi connectivity index (χ0n) is 14.7. The molecule has 0 spiro atoms. The van der Waals surface area contributed by atoms with E-state index in [0.717, 1.165) is 12.3 Å². The number of hydrogen-bond acceptors (Lipinski definition) is 4. The minimum absolute atomic E-state index is 0.0389. The fourth-order valence-electron chi connectivity index (χ4n) is 2.88. The van der Waals surface area contributed by atoms with E-state index in [1.54, 1.807) is 11.9 Å². The first-order valence-electron chi connectivity index (χ1n) is 8.46. The Morgan fingerprint density at radius 2 is 1.96 bits per heavy atom. The molecule has 1 N–H and O–H groups in total. The molecule has 1 unspecified atom stereocenters. The summed E-state index contributed by atoms with van der Waals surface area (Å²) < 4.78 is 5.59. The summed E-state index contributed by atoms with van der Waals surface area (Å²) in [5, 5.41) is 2.67. The van der Waals surface area contributed by atoms with E-state index in [1.165, 1.54) is 0 Å². The molecule has 0 saturated carbocycles. The third-order valence-corrected chi connectivity index (χ3v) is 4.34. The van der Waals surface area contributed by atoms with Gasteiger partial charge in [-0.25, -0.2) is 0 Å². The maximum absolute atomic E-state index is 12.5. The van der Waals surface area contributed by atoms with Crippen molar-refractivity contribution in [1.29, 1.82) is 0 Å². The first-order chi connectivity index (χ1) is 11.5. The molecule has 2 rings (SSSR count). The highest BCUT2D eigenvalue weighted by Crippen LogP contribution is 2.15. The number of hydrogen-bond donors (Lipinski definition) is 1. The first-order valence-corrected chi connectivity index (χ1v) is 8.46. The summed E-state index contributed by atoms with van der Waals surface area (Å²) in [6.07, 6.45) is 0.268. The minimum atomic E-state index is -0.435. The summed E-state index contributed by atoms with van der Waals surface area (Å²) in [4.78, 5) is 28.6. The number of nitrogens with zero attached hydrogens (tertiary/aromatic N) is 2. The minimum Gasteiger partial charge on any atom is -0.493 e. The smallest absolute Gasteiger partial charge is 0.243 e. The van der Waals surface area contributed by atoms with Crippen LogP contribution in [0.5, 0.6) is 5.75 Å². The second-order valence-electron chi connectivity index (χ2n) is 6.22. The summed E-state index contributed by atoms with van der Waals surface area (Å²) in [5.41, 5.74) is 0. The maximum Gasteiger partial charge on any atom is 0.243 e. The Bertz CT molecular complexity index is 548. The molecule has 1 aromatic carbocycles. The van der Waals surface area contributed by atoms with Gasteiger partial charge in [0.05, 0.1) is 13.0 Å². The van der Waals surface area contributed by atoms with Gasteiger partial charge in [-0.3, -0.25) is 14.5 Å². The van der Waals surface area contributed by atoms with Crippen molar-refractivity contribution in [2.75, 3.05) is 33.3 Å². The Balaban J connectivity index is 1.92. The molecular formula is C18H27N3O3. The third kappa shape index (κ3) is 4.71.